The zero-order valence-electron chi connectivity index (χ0n) is 11.9. The molecule has 0 aliphatic rings. The van der Waals surface area contributed by atoms with Crippen LogP contribution in [0.5, 0.6) is 5.75 Å². The number of ether oxygens (including phenoxy) is 1. The van der Waals surface area contributed by atoms with Crippen molar-refractivity contribution in [2.45, 2.75) is 19.8 Å². The van der Waals surface area contributed by atoms with Gasteiger partial charge in [-0.25, -0.2) is 9.38 Å². The van der Waals surface area contributed by atoms with Crippen LogP contribution in [0.1, 0.15) is 19.8 Å². The number of benzene rings is 1. The Morgan fingerprint density at radius 1 is 1.35 bits per heavy atom. The average Bonchev–Trinajstić information content (AvgIpc) is 2.42. The lowest BCUT2D eigenvalue weighted by Gasteiger charge is -2.07. The molecule has 0 amide bonds. The fourth-order valence-corrected chi connectivity index (χ4v) is 1.44. The molecular weight excluding hydrogens is 257 g/mol. The number of rotatable bonds is 8. The lowest BCUT2D eigenvalue weighted by atomic mass is 10.3. The second kappa shape index (κ2) is 8.96. The van der Waals surface area contributed by atoms with Gasteiger partial charge in [-0.15, -0.1) is 0 Å². The molecule has 20 heavy (non-hydrogen) atoms. The zero-order valence-corrected chi connectivity index (χ0v) is 11.9. The van der Waals surface area contributed by atoms with Crippen LogP contribution in [0.2, 0.25) is 0 Å². The molecule has 1 aromatic carbocycles. The van der Waals surface area contributed by atoms with Crippen LogP contribution in [0.25, 0.3) is 0 Å². The summed E-state index contributed by atoms with van der Waals surface area (Å²) in [4.78, 5) is 4.11. The molecule has 0 spiro atoms. The molecule has 0 bridgehead atoms. The highest BCUT2D eigenvalue weighted by Crippen LogP contribution is 2.11. The summed E-state index contributed by atoms with van der Waals surface area (Å²) in [5.74, 6) is 0.861. The van der Waals surface area contributed by atoms with E-state index in [9.17, 15) is 4.39 Å². The van der Waals surface area contributed by atoms with Crippen molar-refractivity contribution >= 4 is 5.96 Å². The van der Waals surface area contributed by atoms with E-state index >= 15 is 0 Å². The van der Waals surface area contributed by atoms with E-state index in [0.29, 0.717) is 24.9 Å². The predicted molar refractivity (Wildman–Crippen MR) is 80.4 cm³/mol. The van der Waals surface area contributed by atoms with E-state index in [4.69, 9.17) is 10.5 Å². The van der Waals surface area contributed by atoms with Gasteiger partial charge in [-0.1, -0.05) is 12.2 Å². The van der Waals surface area contributed by atoms with Crippen molar-refractivity contribution in [2.75, 3.05) is 19.7 Å². The van der Waals surface area contributed by atoms with Crippen LogP contribution < -0.4 is 15.8 Å². The molecule has 1 aromatic rings. The summed E-state index contributed by atoms with van der Waals surface area (Å²) in [7, 11) is 0. The van der Waals surface area contributed by atoms with Crippen molar-refractivity contribution < 1.29 is 9.13 Å². The van der Waals surface area contributed by atoms with Gasteiger partial charge in [0.25, 0.3) is 0 Å². The average molecular weight is 279 g/mol. The summed E-state index contributed by atoms with van der Waals surface area (Å²) in [5, 5.41) is 3.03. The molecule has 4 nitrogen and oxygen atoms in total. The molecule has 0 saturated carbocycles. The third kappa shape index (κ3) is 7.41. The quantitative estimate of drug-likeness (QED) is 0.332. The van der Waals surface area contributed by atoms with Gasteiger partial charge in [0.15, 0.2) is 5.96 Å². The van der Waals surface area contributed by atoms with E-state index in [1.165, 1.54) is 12.1 Å². The van der Waals surface area contributed by atoms with Gasteiger partial charge in [-0.05, 0) is 44.0 Å². The Labute approximate surface area is 119 Å². The zero-order chi connectivity index (χ0) is 14.8. The second-order valence-corrected chi connectivity index (χ2v) is 4.59. The molecule has 0 unspecified atom stereocenters. The van der Waals surface area contributed by atoms with Gasteiger partial charge in [-0.2, -0.15) is 0 Å². The summed E-state index contributed by atoms with van der Waals surface area (Å²) in [6.45, 7) is 7.55. The molecule has 110 valence electrons. The molecule has 0 aliphatic heterocycles. The van der Waals surface area contributed by atoms with Gasteiger partial charge in [0.1, 0.15) is 11.6 Å². The molecule has 0 radical (unpaired) electrons. The minimum Gasteiger partial charge on any atom is -0.494 e. The molecule has 3 N–H and O–H groups in total. The Kier molecular flexibility index (Phi) is 7.17. The molecule has 0 saturated heterocycles. The highest BCUT2D eigenvalue weighted by Gasteiger charge is 1.95. The van der Waals surface area contributed by atoms with Crippen LogP contribution in [0, 0.1) is 5.82 Å². The van der Waals surface area contributed by atoms with Crippen LogP contribution in [-0.4, -0.2) is 25.7 Å². The van der Waals surface area contributed by atoms with Crippen molar-refractivity contribution in [3.05, 3.63) is 42.2 Å². The van der Waals surface area contributed by atoms with E-state index in [2.05, 4.69) is 16.9 Å². The topological polar surface area (TPSA) is 59.6 Å². The Hall–Kier alpha value is -2.04. The van der Waals surface area contributed by atoms with Crippen LogP contribution in [0.4, 0.5) is 4.39 Å². The molecule has 5 heteroatoms. The number of nitrogens with one attached hydrogen (secondary N) is 1. The van der Waals surface area contributed by atoms with Crippen molar-refractivity contribution in [1.29, 1.82) is 0 Å². The van der Waals surface area contributed by atoms with Crippen molar-refractivity contribution in [2.24, 2.45) is 10.7 Å². The molecular formula is C15H22FN3O. The smallest absolute Gasteiger partial charge is 0.188 e. The van der Waals surface area contributed by atoms with Gasteiger partial charge >= 0.3 is 0 Å². The number of guanidine groups is 1. The maximum atomic E-state index is 12.7. The number of hydrogen-bond acceptors (Lipinski definition) is 2. The monoisotopic (exact) mass is 279 g/mol. The second-order valence-electron chi connectivity index (χ2n) is 4.59. The van der Waals surface area contributed by atoms with Crippen LogP contribution in [-0.2, 0) is 0 Å². The number of aliphatic imine (C=N–C) groups is 1. The standard InChI is InChI=1S/C15H22FN3O/c1-12(2)11-19-15(17)18-9-3-4-10-20-14-7-5-13(16)6-8-14/h5-8H,1,3-4,9-11H2,2H3,(H3,17,18,19). The van der Waals surface area contributed by atoms with E-state index in [1.807, 2.05) is 6.92 Å². The molecule has 0 fully saturated rings. The Balaban J connectivity index is 2.06. The lowest BCUT2D eigenvalue weighted by molar-refractivity contribution is 0.306. The lowest BCUT2D eigenvalue weighted by Crippen LogP contribution is -2.32. The fraction of sp³-hybridized carbons (Fsp3) is 0.400. The van der Waals surface area contributed by atoms with E-state index in [1.54, 1.807) is 12.1 Å². The normalized spacial score (nSPS) is 11.2. The number of halogens is 1. The van der Waals surface area contributed by atoms with Gasteiger partial charge in [-0.3, -0.25) is 0 Å². The maximum Gasteiger partial charge on any atom is 0.188 e. The van der Waals surface area contributed by atoms with Crippen LogP contribution in [0.15, 0.2) is 41.4 Å². The highest BCUT2D eigenvalue weighted by atomic mass is 19.1. The summed E-state index contributed by atoms with van der Waals surface area (Å²) in [6, 6.07) is 6.01. The first-order valence-corrected chi connectivity index (χ1v) is 6.64. The highest BCUT2D eigenvalue weighted by molar-refractivity contribution is 5.77. The SMILES string of the molecule is C=C(C)CN=C(N)NCCCCOc1ccc(F)cc1. The molecule has 0 aromatic heterocycles. The van der Waals surface area contributed by atoms with E-state index in [-0.39, 0.29) is 5.82 Å². The largest absolute Gasteiger partial charge is 0.494 e. The van der Waals surface area contributed by atoms with Crippen molar-refractivity contribution in [1.82, 2.24) is 5.32 Å². The number of unbranched alkanes of at least 4 members (excludes halogenated alkanes) is 1. The third-order valence-corrected chi connectivity index (χ3v) is 2.48. The number of nitrogens with two attached hydrogens (primary N) is 1. The van der Waals surface area contributed by atoms with Gasteiger partial charge in [0.05, 0.1) is 13.2 Å². The minimum atomic E-state index is -0.258. The number of hydrogen-bond donors (Lipinski definition) is 2. The van der Waals surface area contributed by atoms with Crippen LogP contribution >= 0.6 is 0 Å². The first-order valence-electron chi connectivity index (χ1n) is 6.64. The summed E-state index contributed by atoms with van der Waals surface area (Å²) >= 11 is 0. The molecule has 0 heterocycles. The van der Waals surface area contributed by atoms with E-state index < -0.39 is 0 Å². The van der Waals surface area contributed by atoms with Crippen LogP contribution in [0.3, 0.4) is 0 Å². The Bertz CT molecular complexity index is 443. The first kappa shape index (κ1) is 16.0. The Morgan fingerprint density at radius 3 is 2.70 bits per heavy atom. The summed E-state index contributed by atoms with van der Waals surface area (Å²) < 4.78 is 18.2. The van der Waals surface area contributed by atoms with Gasteiger partial charge in [0, 0.05) is 6.54 Å². The first-order chi connectivity index (χ1) is 9.58. The summed E-state index contributed by atoms with van der Waals surface area (Å²) in [5.41, 5.74) is 6.65. The van der Waals surface area contributed by atoms with Crippen molar-refractivity contribution in [3.8, 4) is 5.75 Å². The van der Waals surface area contributed by atoms with Gasteiger partial charge in [0.2, 0.25) is 0 Å². The third-order valence-electron chi connectivity index (χ3n) is 2.48. The molecule has 1 rings (SSSR count). The minimum absolute atomic E-state index is 0.258. The molecule has 0 aliphatic carbocycles. The van der Waals surface area contributed by atoms with Crippen molar-refractivity contribution in [3.63, 3.8) is 0 Å². The Morgan fingerprint density at radius 2 is 2.05 bits per heavy atom. The summed E-state index contributed by atoms with van der Waals surface area (Å²) in [6.07, 6.45) is 1.81. The molecule has 0 atom stereocenters. The van der Waals surface area contributed by atoms with Gasteiger partial charge < -0.3 is 15.8 Å². The van der Waals surface area contributed by atoms with E-state index in [0.717, 1.165) is 25.0 Å². The predicted octanol–water partition coefficient (Wildman–Crippen LogP) is 2.47. The fourth-order valence-electron chi connectivity index (χ4n) is 1.44. The maximum absolute atomic E-state index is 12.7. The number of nitrogens with zero attached hydrogens (tertiary/aromatic N) is 1.